The van der Waals surface area contributed by atoms with Crippen LogP contribution in [0.25, 0.3) is 0 Å². The predicted molar refractivity (Wildman–Crippen MR) is 57.4 cm³/mol. The van der Waals surface area contributed by atoms with Crippen molar-refractivity contribution in [1.82, 2.24) is 10.2 Å². The summed E-state index contributed by atoms with van der Waals surface area (Å²) in [7, 11) is 0. The summed E-state index contributed by atoms with van der Waals surface area (Å²) in [5, 5.41) is 12.1. The Kier molecular flexibility index (Phi) is 2.22. The highest BCUT2D eigenvalue weighted by molar-refractivity contribution is 9.11. The first-order valence-electron chi connectivity index (χ1n) is 4.65. The van der Waals surface area contributed by atoms with Gasteiger partial charge in [-0.25, -0.2) is 0 Å². The molecule has 2 heterocycles. The molecule has 0 amide bonds. The molecule has 2 unspecified atom stereocenters. The third-order valence-electron chi connectivity index (χ3n) is 3.02. The van der Waals surface area contributed by atoms with Crippen LogP contribution in [0.5, 0.6) is 0 Å². The molecule has 0 spiro atoms. The Labute approximate surface area is 94.2 Å². The molecule has 0 bridgehead atoms. The van der Waals surface area contributed by atoms with Gasteiger partial charge in [0.25, 0.3) is 0 Å². The van der Waals surface area contributed by atoms with Gasteiger partial charge >= 0.3 is 0 Å². The highest BCUT2D eigenvalue weighted by Crippen LogP contribution is 2.50. The monoisotopic (exact) mass is 275 g/mol. The van der Waals surface area contributed by atoms with Gasteiger partial charge in [0.1, 0.15) is 0 Å². The van der Waals surface area contributed by atoms with E-state index in [9.17, 15) is 0 Å². The van der Waals surface area contributed by atoms with Crippen LogP contribution in [0.3, 0.4) is 0 Å². The van der Waals surface area contributed by atoms with E-state index in [-0.39, 0.29) is 0 Å². The Hall–Kier alpha value is -0.200. The fourth-order valence-corrected chi connectivity index (χ4v) is 3.16. The van der Waals surface area contributed by atoms with Crippen molar-refractivity contribution in [3.05, 3.63) is 3.92 Å². The number of halogens is 1. The summed E-state index contributed by atoms with van der Waals surface area (Å²) in [4.78, 5) is 0. The molecule has 1 saturated heterocycles. The normalized spacial score (nSPS) is 34.2. The molecule has 1 N–H and O–H groups in total. The Bertz CT molecular complexity index is 335. The van der Waals surface area contributed by atoms with E-state index in [0.717, 1.165) is 46.6 Å². The van der Waals surface area contributed by atoms with Gasteiger partial charge in [-0.3, -0.25) is 0 Å². The molecule has 0 aromatic carbocycles. The molecule has 1 saturated carbocycles. The molecule has 4 nitrogen and oxygen atoms in total. The number of aromatic nitrogens is 2. The summed E-state index contributed by atoms with van der Waals surface area (Å²) in [6.07, 6.45) is 0. The third kappa shape index (κ3) is 1.55. The second kappa shape index (κ2) is 3.43. The molecule has 0 radical (unpaired) electrons. The second-order valence-corrected chi connectivity index (χ2v) is 6.02. The maximum absolute atomic E-state index is 5.33. The summed E-state index contributed by atoms with van der Waals surface area (Å²) in [5.74, 6) is 2.41. The zero-order chi connectivity index (χ0) is 9.54. The molecule has 1 aliphatic heterocycles. The van der Waals surface area contributed by atoms with Crippen LogP contribution < -0.4 is 5.32 Å². The van der Waals surface area contributed by atoms with Gasteiger partial charge in [-0.2, -0.15) is 0 Å². The number of fused-ring (bicyclic) bond motifs is 1. The Balaban J connectivity index is 1.51. The molecular formula is C8H10BrN3OS. The Morgan fingerprint density at radius 1 is 1.43 bits per heavy atom. The molecule has 3 rings (SSSR count). The first-order chi connectivity index (χ1) is 6.84. The SMILES string of the molecule is Brc1nnc(NCC2C3COCC23)s1. The van der Waals surface area contributed by atoms with Gasteiger partial charge in [-0.15, -0.1) is 10.2 Å². The van der Waals surface area contributed by atoms with Crippen molar-refractivity contribution >= 4 is 32.4 Å². The lowest BCUT2D eigenvalue weighted by atomic mass is 10.3. The average molecular weight is 276 g/mol. The quantitative estimate of drug-likeness (QED) is 0.911. The van der Waals surface area contributed by atoms with E-state index in [4.69, 9.17) is 4.74 Å². The van der Waals surface area contributed by atoms with E-state index in [1.54, 1.807) is 0 Å². The molecular weight excluding hydrogens is 266 g/mol. The lowest BCUT2D eigenvalue weighted by molar-refractivity contribution is 0.153. The van der Waals surface area contributed by atoms with Gasteiger partial charge in [0.15, 0.2) is 3.92 Å². The summed E-state index contributed by atoms with van der Waals surface area (Å²) in [6, 6.07) is 0. The molecule has 1 aromatic heterocycles. The first-order valence-corrected chi connectivity index (χ1v) is 6.26. The van der Waals surface area contributed by atoms with E-state index in [1.165, 1.54) is 11.3 Å². The van der Waals surface area contributed by atoms with Crippen molar-refractivity contribution in [2.24, 2.45) is 17.8 Å². The summed E-state index contributed by atoms with van der Waals surface area (Å²) < 4.78 is 6.16. The molecule has 76 valence electrons. The van der Waals surface area contributed by atoms with Crippen molar-refractivity contribution < 1.29 is 4.74 Å². The number of ether oxygens (including phenoxy) is 1. The molecule has 2 aliphatic rings. The topological polar surface area (TPSA) is 47.0 Å². The standard InChI is InChI=1S/C8H10BrN3OS/c9-7-11-12-8(14-7)10-1-4-5-2-13-3-6(4)5/h4-6H,1-3H2,(H,10,12). The number of nitrogens with zero attached hydrogens (tertiary/aromatic N) is 2. The number of hydrogen-bond donors (Lipinski definition) is 1. The lowest BCUT2D eigenvalue weighted by Gasteiger charge is -2.03. The van der Waals surface area contributed by atoms with Gasteiger partial charge in [-0.1, -0.05) is 11.3 Å². The smallest absolute Gasteiger partial charge is 0.206 e. The molecule has 1 aliphatic carbocycles. The van der Waals surface area contributed by atoms with Gasteiger partial charge in [0.05, 0.1) is 13.2 Å². The number of rotatable bonds is 3. The van der Waals surface area contributed by atoms with Crippen molar-refractivity contribution in [3.63, 3.8) is 0 Å². The van der Waals surface area contributed by atoms with Crippen LogP contribution in [0, 0.1) is 17.8 Å². The van der Waals surface area contributed by atoms with E-state index in [1.807, 2.05) is 0 Å². The zero-order valence-electron chi connectivity index (χ0n) is 7.44. The average Bonchev–Trinajstić information content (AvgIpc) is 2.59. The van der Waals surface area contributed by atoms with Crippen molar-refractivity contribution in [1.29, 1.82) is 0 Å². The fraction of sp³-hybridized carbons (Fsp3) is 0.750. The third-order valence-corrected chi connectivity index (χ3v) is 4.33. The highest BCUT2D eigenvalue weighted by Gasteiger charge is 2.53. The van der Waals surface area contributed by atoms with E-state index in [0.29, 0.717) is 0 Å². The van der Waals surface area contributed by atoms with Crippen LogP contribution in [0.1, 0.15) is 0 Å². The number of nitrogens with one attached hydrogen (secondary N) is 1. The highest BCUT2D eigenvalue weighted by atomic mass is 79.9. The predicted octanol–water partition coefficient (Wildman–Crippen LogP) is 1.60. The maximum Gasteiger partial charge on any atom is 0.206 e. The van der Waals surface area contributed by atoms with E-state index < -0.39 is 0 Å². The maximum atomic E-state index is 5.33. The fourth-order valence-electron chi connectivity index (χ4n) is 2.14. The Morgan fingerprint density at radius 3 is 2.86 bits per heavy atom. The molecule has 6 heteroatoms. The van der Waals surface area contributed by atoms with E-state index >= 15 is 0 Å². The van der Waals surface area contributed by atoms with Crippen molar-refractivity contribution in [3.8, 4) is 0 Å². The minimum absolute atomic E-state index is 0.798. The van der Waals surface area contributed by atoms with Crippen molar-refractivity contribution in [2.45, 2.75) is 0 Å². The largest absolute Gasteiger partial charge is 0.381 e. The van der Waals surface area contributed by atoms with Crippen LogP contribution in [0.15, 0.2) is 3.92 Å². The van der Waals surface area contributed by atoms with Gasteiger partial charge < -0.3 is 10.1 Å². The molecule has 1 aromatic rings. The van der Waals surface area contributed by atoms with Gasteiger partial charge in [-0.05, 0) is 33.7 Å². The van der Waals surface area contributed by atoms with Gasteiger partial charge in [0, 0.05) is 6.54 Å². The van der Waals surface area contributed by atoms with Crippen molar-refractivity contribution in [2.75, 3.05) is 25.1 Å². The number of hydrogen-bond acceptors (Lipinski definition) is 5. The first kappa shape index (κ1) is 9.06. The number of anilines is 1. The van der Waals surface area contributed by atoms with Crippen LogP contribution >= 0.6 is 27.3 Å². The lowest BCUT2D eigenvalue weighted by Crippen LogP contribution is -2.09. The summed E-state index contributed by atoms with van der Waals surface area (Å²) >= 11 is 4.83. The summed E-state index contributed by atoms with van der Waals surface area (Å²) in [6.45, 7) is 2.92. The van der Waals surface area contributed by atoms with Crippen LogP contribution in [-0.2, 0) is 4.74 Å². The van der Waals surface area contributed by atoms with Gasteiger partial charge in [0.2, 0.25) is 5.13 Å². The molecule has 14 heavy (non-hydrogen) atoms. The molecule has 2 fully saturated rings. The minimum Gasteiger partial charge on any atom is -0.381 e. The zero-order valence-corrected chi connectivity index (χ0v) is 9.84. The summed E-state index contributed by atoms with van der Waals surface area (Å²) in [5.41, 5.74) is 0. The minimum atomic E-state index is 0.798. The van der Waals surface area contributed by atoms with Crippen LogP contribution in [-0.4, -0.2) is 30.0 Å². The van der Waals surface area contributed by atoms with Crippen LogP contribution in [0.2, 0.25) is 0 Å². The molecule has 2 atom stereocenters. The second-order valence-electron chi connectivity index (χ2n) is 3.77. The van der Waals surface area contributed by atoms with Crippen LogP contribution in [0.4, 0.5) is 5.13 Å². The van der Waals surface area contributed by atoms with E-state index in [2.05, 4.69) is 31.4 Å². The Morgan fingerprint density at radius 2 is 2.21 bits per heavy atom.